The Hall–Kier alpha value is -2.63. The number of nitrogens with zero attached hydrogens (tertiary/aromatic N) is 1. The van der Waals surface area contributed by atoms with Crippen molar-refractivity contribution in [1.29, 1.82) is 0 Å². The molecule has 0 aliphatic carbocycles. The van der Waals surface area contributed by atoms with Gasteiger partial charge in [-0.15, -0.1) is 0 Å². The van der Waals surface area contributed by atoms with Crippen LogP contribution in [0.1, 0.15) is 23.0 Å². The fourth-order valence-electron chi connectivity index (χ4n) is 2.56. The number of aldehydes is 1. The molecule has 0 fully saturated rings. The van der Waals surface area contributed by atoms with E-state index in [1.165, 1.54) is 7.11 Å². The van der Waals surface area contributed by atoms with E-state index in [1.54, 1.807) is 12.1 Å². The van der Waals surface area contributed by atoms with Gasteiger partial charge in [0.2, 0.25) is 5.78 Å². The molecular weight excluding hydrogens is 286 g/mol. The molecule has 2 rings (SSSR count). The number of rotatable bonds is 6. The maximum absolute atomic E-state index is 12.0. The van der Waals surface area contributed by atoms with Crippen LogP contribution in [-0.2, 0) is 27.8 Å². The van der Waals surface area contributed by atoms with Crippen molar-refractivity contribution in [3.05, 3.63) is 29.5 Å². The number of hydrogen-bond acceptors (Lipinski definition) is 5. The summed E-state index contributed by atoms with van der Waals surface area (Å²) in [5.74, 6) is -0.744. The van der Waals surface area contributed by atoms with Gasteiger partial charge < -0.3 is 14.0 Å². The van der Waals surface area contributed by atoms with Crippen LogP contribution in [0.3, 0.4) is 0 Å². The van der Waals surface area contributed by atoms with Crippen LogP contribution in [0.5, 0.6) is 5.75 Å². The number of carbonyl (C=O) groups is 3. The largest absolute Gasteiger partial charge is 0.481 e. The quantitative estimate of drug-likeness (QED) is 0.351. The van der Waals surface area contributed by atoms with Gasteiger partial charge in [0.15, 0.2) is 12.9 Å². The van der Waals surface area contributed by atoms with E-state index in [2.05, 4.69) is 4.74 Å². The molecule has 6 nitrogen and oxygen atoms in total. The molecule has 1 aromatic heterocycles. The van der Waals surface area contributed by atoms with Crippen molar-refractivity contribution in [2.75, 3.05) is 13.7 Å². The Morgan fingerprint density at radius 3 is 2.64 bits per heavy atom. The number of fused-ring (bicyclic) bond motifs is 1. The molecule has 22 heavy (non-hydrogen) atoms. The number of aryl methyl sites for hydroxylation is 1. The first kappa shape index (κ1) is 15.8. The molecular formula is C16H17NO5. The van der Waals surface area contributed by atoms with Crippen molar-refractivity contribution < 1.29 is 23.9 Å². The molecule has 0 saturated heterocycles. The van der Waals surface area contributed by atoms with Crippen LogP contribution in [0.4, 0.5) is 0 Å². The minimum Gasteiger partial charge on any atom is -0.481 e. The third-order valence-corrected chi connectivity index (χ3v) is 3.57. The average molecular weight is 303 g/mol. The molecule has 0 N–H and O–H groups in total. The third kappa shape index (κ3) is 2.59. The Labute approximate surface area is 127 Å². The number of benzene rings is 1. The molecule has 0 amide bonds. The summed E-state index contributed by atoms with van der Waals surface area (Å²) in [7, 11) is 3.10. The van der Waals surface area contributed by atoms with Crippen LogP contribution in [0.2, 0.25) is 0 Å². The summed E-state index contributed by atoms with van der Waals surface area (Å²) in [4.78, 5) is 34.3. The highest BCUT2D eigenvalue weighted by molar-refractivity contribution is 6.37. The Morgan fingerprint density at radius 2 is 2.05 bits per heavy atom. The Kier molecular flexibility index (Phi) is 4.60. The lowest BCUT2D eigenvalue weighted by Crippen LogP contribution is -2.13. The number of carbonyl (C=O) groups excluding carboxylic acids is 3. The summed E-state index contributed by atoms with van der Waals surface area (Å²) < 4.78 is 11.9. The van der Waals surface area contributed by atoms with Crippen LogP contribution >= 0.6 is 0 Å². The van der Waals surface area contributed by atoms with Crippen LogP contribution in [0.25, 0.3) is 10.9 Å². The van der Waals surface area contributed by atoms with E-state index in [4.69, 9.17) is 4.74 Å². The van der Waals surface area contributed by atoms with Crippen molar-refractivity contribution >= 4 is 28.9 Å². The van der Waals surface area contributed by atoms with E-state index in [0.29, 0.717) is 29.4 Å². The number of esters is 1. The molecule has 0 aliphatic heterocycles. The van der Waals surface area contributed by atoms with Gasteiger partial charge in [0.05, 0.1) is 23.6 Å². The summed E-state index contributed by atoms with van der Waals surface area (Å²) >= 11 is 0. The average Bonchev–Trinajstić information content (AvgIpc) is 2.84. The molecule has 0 bridgehead atoms. The maximum atomic E-state index is 12.0. The molecule has 1 heterocycles. The van der Waals surface area contributed by atoms with Crippen LogP contribution in [0, 0.1) is 0 Å². The smallest absolute Gasteiger partial charge is 0.343 e. The molecule has 0 radical (unpaired) electrons. The zero-order valence-corrected chi connectivity index (χ0v) is 12.7. The minimum atomic E-state index is -0.600. The number of hydrogen-bond donors (Lipinski definition) is 0. The lowest BCUT2D eigenvalue weighted by Gasteiger charge is -2.07. The maximum Gasteiger partial charge on any atom is 0.343 e. The predicted molar refractivity (Wildman–Crippen MR) is 80.2 cm³/mol. The van der Waals surface area contributed by atoms with Gasteiger partial charge in [-0.05, 0) is 18.6 Å². The van der Waals surface area contributed by atoms with Gasteiger partial charge in [-0.1, -0.05) is 13.0 Å². The van der Waals surface area contributed by atoms with E-state index in [9.17, 15) is 14.4 Å². The highest BCUT2D eigenvalue weighted by Gasteiger charge is 2.22. The minimum absolute atomic E-state index is 0.263. The zero-order chi connectivity index (χ0) is 16.3. The summed E-state index contributed by atoms with van der Waals surface area (Å²) in [5.41, 5.74) is 1.85. The van der Waals surface area contributed by atoms with Crippen molar-refractivity contribution in [3.63, 3.8) is 0 Å². The number of ketones is 1. The van der Waals surface area contributed by atoms with Crippen LogP contribution in [0.15, 0.2) is 18.2 Å². The number of ether oxygens (including phenoxy) is 2. The fraction of sp³-hybridized carbons (Fsp3) is 0.312. The van der Waals surface area contributed by atoms with Gasteiger partial charge in [0, 0.05) is 12.7 Å². The van der Waals surface area contributed by atoms with Crippen molar-refractivity contribution in [1.82, 2.24) is 4.57 Å². The van der Waals surface area contributed by atoms with E-state index in [-0.39, 0.29) is 6.61 Å². The molecule has 6 heteroatoms. The molecule has 0 aliphatic rings. The second kappa shape index (κ2) is 6.43. The van der Waals surface area contributed by atoms with Crippen LogP contribution in [-0.4, -0.2) is 36.3 Å². The zero-order valence-electron chi connectivity index (χ0n) is 12.7. The van der Waals surface area contributed by atoms with Crippen LogP contribution < -0.4 is 4.74 Å². The van der Waals surface area contributed by atoms with E-state index in [0.717, 1.165) is 11.2 Å². The molecule has 2 aromatic rings. The highest BCUT2D eigenvalue weighted by atomic mass is 16.6. The summed E-state index contributed by atoms with van der Waals surface area (Å²) in [6.07, 6.45) is 0.890. The topological polar surface area (TPSA) is 74.6 Å². The third-order valence-electron chi connectivity index (χ3n) is 3.57. The lowest BCUT2D eigenvalue weighted by molar-refractivity contribution is -0.142. The van der Waals surface area contributed by atoms with Gasteiger partial charge in [-0.2, -0.15) is 0 Å². The van der Waals surface area contributed by atoms with Crippen molar-refractivity contribution in [2.24, 2.45) is 7.05 Å². The van der Waals surface area contributed by atoms with Crippen molar-refractivity contribution in [2.45, 2.75) is 13.3 Å². The Morgan fingerprint density at radius 1 is 1.32 bits per heavy atom. The molecule has 0 unspecified atom stereocenters. The normalized spacial score (nSPS) is 10.5. The van der Waals surface area contributed by atoms with E-state index >= 15 is 0 Å². The number of methoxy groups -OCH3 is 1. The second-order valence-corrected chi connectivity index (χ2v) is 4.73. The van der Waals surface area contributed by atoms with Crippen molar-refractivity contribution in [3.8, 4) is 5.75 Å². The monoisotopic (exact) mass is 303 g/mol. The van der Waals surface area contributed by atoms with Gasteiger partial charge in [0.1, 0.15) is 5.75 Å². The molecule has 116 valence electrons. The van der Waals surface area contributed by atoms with E-state index in [1.807, 2.05) is 24.6 Å². The van der Waals surface area contributed by atoms with E-state index < -0.39 is 11.8 Å². The van der Waals surface area contributed by atoms with Gasteiger partial charge in [0.25, 0.3) is 0 Å². The Balaban J connectivity index is 2.65. The first-order valence-corrected chi connectivity index (χ1v) is 6.84. The molecule has 1 aromatic carbocycles. The fourth-order valence-corrected chi connectivity index (χ4v) is 2.56. The van der Waals surface area contributed by atoms with Gasteiger partial charge in [-0.25, -0.2) is 4.79 Å². The first-order chi connectivity index (χ1) is 10.5. The summed E-state index contributed by atoms with van der Waals surface area (Å²) in [6.45, 7) is 1.64. The second-order valence-electron chi connectivity index (χ2n) is 4.73. The summed E-state index contributed by atoms with van der Waals surface area (Å²) in [6, 6.07) is 5.26. The Bertz CT molecular complexity index is 745. The number of aromatic nitrogens is 1. The molecule has 0 spiro atoms. The van der Waals surface area contributed by atoms with Gasteiger partial charge in [-0.3, -0.25) is 9.59 Å². The summed E-state index contributed by atoms with van der Waals surface area (Å²) in [5, 5.41) is 0.544. The SMILES string of the molecule is CCc1c(C(=O)C=O)c2c(OCC(=O)OC)cccc2n1C. The molecule has 0 atom stereocenters. The first-order valence-electron chi connectivity index (χ1n) is 6.84. The lowest BCUT2D eigenvalue weighted by atomic mass is 10.0. The standard InChI is InChI=1S/C16H17NO5/c1-4-10-15(12(19)8-18)16-11(17(10)2)6-5-7-13(16)22-9-14(20)21-3/h5-8H,4,9H2,1-3H3. The number of Topliss-reactive ketones (excluding diaryl/α,β-unsaturated/α-hetero) is 1. The molecule has 0 saturated carbocycles. The van der Waals surface area contributed by atoms with Gasteiger partial charge >= 0.3 is 5.97 Å². The predicted octanol–water partition coefficient (Wildman–Crippen LogP) is 1.67. The highest BCUT2D eigenvalue weighted by Crippen LogP contribution is 2.33.